The molecule has 18 nitrogen and oxygen atoms in total. The number of nitrogens with zero attached hydrogens (tertiary/aromatic N) is 6. The van der Waals surface area contributed by atoms with Gasteiger partial charge < -0.3 is 46.7 Å². The van der Waals surface area contributed by atoms with E-state index in [0.717, 1.165) is 42.1 Å². The van der Waals surface area contributed by atoms with Gasteiger partial charge >= 0.3 is 0 Å². The maximum absolute atomic E-state index is 14.3. The Balaban J connectivity index is 0.871. The first kappa shape index (κ1) is 41.3. The highest BCUT2D eigenvalue weighted by atomic mass is 16.2. The summed E-state index contributed by atoms with van der Waals surface area (Å²) in [6.07, 6.45) is 9.34. The second-order valence-corrected chi connectivity index (χ2v) is 17.5. The summed E-state index contributed by atoms with van der Waals surface area (Å²) in [5.74, 6) is -3.17. The molecule has 6 aliphatic heterocycles. The molecule has 9 rings (SSSR count). The van der Waals surface area contributed by atoms with Gasteiger partial charge in [0.15, 0.2) is 0 Å². The van der Waals surface area contributed by atoms with E-state index in [4.69, 9.17) is 11.5 Å². The first-order chi connectivity index (χ1) is 28.9. The van der Waals surface area contributed by atoms with Gasteiger partial charge in [0.2, 0.25) is 41.4 Å². The van der Waals surface area contributed by atoms with Gasteiger partial charge in [0.05, 0.1) is 24.0 Å². The fraction of sp³-hybridized carbons (Fsp3) is 0.643. The summed E-state index contributed by atoms with van der Waals surface area (Å²) in [5, 5.41) is 15.2. The van der Waals surface area contributed by atoms with E-state index < -0.39 is 59.5 Å². The van der Waals surface area contributed by atoms with Crippen molar-refractivity contribution in [3.63, 3.8) is 0 Å². The molecule has 60 heavy (non-hydrogen) atoms. The smallest absolute Gasteiger partial charge is 0.246 e. The van der Waals surface area contributed by atoms with Crippen molar-refractivity contribution in [1.29, 1.82) is 0 Å². The Morgan fingerprint density at radius 2 is 1.32 bits per heavy atom. The SMILES string of the molecule is NC(=O)[C@H](CC(=O)NCC12CCC(CC1)N=N2)NC(=O)[C@@H]1CCCN1C(=O)[C@@H]1CCCN1C(=O)[C@@H]1CCCN1C(=O)[C@@H]1CCCN1C(=O)[C@@H](N)Cc1c[nH]c2ccccc12. The van der Waals surface area contributed by atoms with Crippen LogP contribution in [0.1, 0.15) is 89.0 Å². The molecule has 0 spiro atoms. The number of nitrogens with one attached hydrogen (secondary N) is 3. The summed E-state index contributed by atoms with van der Waals surface area (Å²) in [5.41, 5.74) is 13.6. The minimum atomic E-state index is -1.28. The highest BCUT2D eigenvalue weighted by molar-refractivity contribution is 5.98. The lowest BCUT2D eigenvalue weighted by Gasteiger charge is -2.39. The van der Waals surface area contributed by atoms with Gasteiger partial charge in [-0.3, -0.25) is 33.6 Å². The van der Waals surface area contributed by atoms with Gasteiger partial charge in [0, 0.05) is 49.8 Å². The van der Waals surface area contributed by atoms with Gasteiger partial charge in [0.1, 0.15) is 30.2 Å². The molecule has 7 aliphatic rings. The maximum Gasteiger partial charge on any atom is 0.246 e. The van der Waals surface area contributed by atoms with Crippen molar-refractivity contribution in [3.05, 3.63) is 36.0 Å². The molecule has 1 aromatic heterocycles. The molecule has 18 heteroatoms. The molecule has 322 valence electrons. The lowest BCUT2D eigenvalue weighted by atomic mass is 9.78. The van der Waals surface area contributed by atoms with Crippen LogP contribution in [0.15, 0.2) is 40.7 Å². The number of likely N-dealkylation sites (tertiary alicyclic amines) is 4. The zero-order valence-corrected chi connectivity index (χ0v) is 34.1. The van der Waals surface area contributed by atoms with Crippen LogP contribution in [-0.2, 0) is 40.0 Å². The molecule has 0 radical (unpaired) electrons. The maximum atomic E-state index is 14.3. The third-order valence-electron chi connectivity index (χ3n) is 13.7. The topological polar surface area (TPSA) is 249 Å². The van der Waals surface area contributed by atoms with Crippen LogP contribution < -0.4 is 22.1 Å². The van der Waals surface area contributed by atoms with E-state index in [2.05, 4.69) is 25.8 Å². The molecule has 1 saturated carbocycles. The first-order valence-electron chi connectivity index (χ1n) is 21.7. The molecule has 1 aliphatic carbocycles. The molecular weight excluding hydrogens is 771 g/mol. The van der Waals surface area contributed by atoms with Crippen LogP contribution in [-0.4, -0.2) is 146 Å². The van der Waals surface area contributed by atoms with E-state index in [0.29, 0.717) is 77.4 Å². The molecule has 4 saturated heterocycles. The third-order valence-corrected chi connectivity index (χ3v) is 13.7. The number of hydrogen-bond acceptors (Lipinski definition) is 10. The average Bonchev–Trinajstić information content (AvgIpc) is 4.12. The molecule has 0 unspecified atom stereocenters. The van der Waals surface area contributed by atoms with E-state index in [-0.39, 0.29) is 49.2 Å². The number of carbonyl (C=O) groups excluding carboxylic acids is 7. The number of para-hydroxylation sites is 1. The molecule has 7 N–H and O–H groups in total. The van der Waals surface area contributed by atoms with Crippen molar-refractivity contribution in [2.75, 3.05) is 32.7 Å². The Bertz CT molecular complexity index is 2050. The number of benzene rings is 1. The first-order valence-corrected chi connectivity index (χ1v) is 21.7. The number of aromatic amines is 1. The predicted octanol–water partition coefficient (Wildman–Crippen LogP) is 0.625. The second kappa shape index (κ2) is 17.3. The second-order valence-electron chi connectivity index (χ2n) is 17.5. The summed E-state index contributed by atoms with van der Waals surface area (Å²) >= 11 is 0. The number of amides is 7. The van der Waals surface area contributed by atoms with Crippen molar-refractivity contribution in [1.82, 2.24) is 35.2 Å². The number of hydrogen-bond donors (Lipinski definition) is 5. The molecular formula is C42H57N11O7. The van der Waals surface area contributed by atoms with Crippen LogP contribution in [0.25, 0.3) is 10.9 Å². The Morgan fingerprint density at radius 1 is 0.767 bits per heavy atom. The number of azo groups is 1. The molecule has 6 atom stereocenters. The molecule has 2 bridgehead atoms. The molecule has 2 aromatic rings. The summed E-state index contributed by atoms with van der Waals surface area (Å²) in [7, 11) is 0. The van der Waals surface area contributed by atoms with Gasteiger partial charge in [-0.05, 0) is 95.1 Å². The third kappa shape index (κ3) is 8.21. The molecule has 7 amide bonds. The Kier molecular flexibility index (Phi) is 11.9. The van der Waals surface area contributed by atoms with E-state index in [1.165, 1.54) is 4.90 Å². The van der Waals surface area contributed by atoms with Crippen LogP contribution in [0.3, 0.4) is 0 Å². The molecule has 1 aromatic carbocycles. The number of H-pyrrole nitrogens is 1. The largest absolute Gasteiger partial charge is 0.368 e. The normalized spacial score (nSPS) is 28.3. The number of nitrogens with two attached hydrogens (primary N) is 2. The standard InChI is InChI=1S/C42H57N11O7/c43-28(21-25-23-45-29-8-2-1-7-27(25)29)38(57)51-18-4-10-32(51)40(59)53-20-6-12-34(53)41(60)52-19-5-11-33(52)39(58)50-17-3-9-31(50)37(56)47-30(36(44)55)22-35(54)46-24-42-15-13-26(14-16-42)48-49-42/h1-2,7-8,23,26,28,30-34,45H,3-6,9-22,24,43H2,(H2,44,55)(H,46,54)(H,47,56)/t26?,28-,30-,31-,32-,33-,34-,42?/m0/s1. The predicted molar refractivity (Wildman–Crippen MR) is 218 cm³/mol. The van der Waals surface area contributed by atoms with Gasteiger partial charge in [-0.25, -0.2) is 0 Å². The van der Waals surface area contributed by atoms with Crippen LogP contribution in [0.5, 0.6) is 0 Å². The number of aromatic nitrogens is 1. The van der Waals surface area contributed by atoms with Gasteiger partial charge in [0.25, 0.3) is 0 Å². The Morgan fingerprint density at radius 3 is 1.90 bits per heavy atom. The van der Waals surface area contributed by atoms with Crippen molar-refractivity contribution in [3.8, 4) is 0 Å². The fourth-order valence-electron chi connectivity index (χ4n) is 10.4. The van der Waals surface area contributed by atoms with Gasteiger partial charge in [-0.1, -0.05) is 18.2 Å². The lowest BCUT2D eigenvalue weighted by Crippen LogP contribution is -2.58. The monoisotopic (exact) mass is 827 g/mol. The van der Waals surface area contributed by atoms with Gasteiger partial charge in [-0.15, -0.1) is 0 Å². The van der Waals surface area contributed by atoms with Crippen LogP contribution >= 0.6 is 0 Å². The number of carbonyl (C=O) groups is 7. The van der Waals surface area contributed by atoms with E-state index in [9.17, 15) is 33.6 Å². The summed E-state index contributed by atoms with van der Waals surface area (Å²) in [6.45, 7) is 1.67. The molecule has 7 heterocycles. The lowest BCUT2D eigenvalue weighted by molar-refractivity contribution is -0.152. The van der Waals surface area contributed by atoms with Crippen LogP contribution in [0.4, 0.5) is 0 Å². The van der Waals surface area contributed by atoms with Gasteiger partial charge in [-0.2, -0.15) is 10.2 Å². The van der Waals surface area contributed by atoms with E-state index >= 15 is 0 Å². The van der Waals surface area contributed by atoms with Crippen LogP contribution in [0, 0.1) is 0 Å². The van der Waals surface area contributed by atoms with Crippen molar-refractivity contribution in [2.24, 2.45) is 21.7 Å². The summed E-state index contributed by atoms with van der Waals surface area (Å²) in [6, 6.07) is 2.69. The highest BCUT2D eigenvalue weighted by Gasteiger charge is 2.48. The van der Waals surface area contributed by atoms with Crippen LogP contribution in [0.2, 0.25) is 0 Å². The molecule has 5 fully saturated rings. The minimum absolute atomic E-state index is 0.256. The number of fused-ring (bicyclic) bond motifs is 3. The zero-order chi connectivity index (χ0) is 42.1. The van der Waals surface area contributed by atoms with E-state index in [1.807, 2.05) is 30.5 Å². The number of primary amides is 1. The Hall–Kier alpha value is -5.39. The van der Waals surface area contributed by atoms with Crippen molar-refractivity contribution < 1.29 is 33.6 Å². The summed E-state index contributed by atoms with van der Waals surface area (Å²) in [4.78, 5) is 105. The Labute approximate surface area is 348 Å². The highest BCUT2D eigenvalue weighted by Crippen LogP contribution is 2.38. The van der Waals surface area contributed by atoms with E-state index in [1.54, 1.807) is 14.7 Å². The minimum Gasteiger partial charge on any atom is -0.368 e. The zero-order valence-electron chi connectivity index (χ0n) is 34.1. The van der Waals surface area contributed by atoms with Crippen molar-refractivity contribution in [2.45, 2.75) is 138 Å². The summed E-state index contributed by atoms with van der Waals surface area (Å²) < 4.78 is 0. The quantitative estimate of drug-likeness (QED) is 0.191. The van der Waals surface area contributed by atoms with Crippen molar-refractivity contribution >= 4 is 52.3 Å². The fourth-order valence-corrected chi connectivity index (χ4v) is 10.4. The number of rotatable bonds is 13. The average molecular weight is 828 g/mol.